The summed E-state index contributed by atoms with van der Waals surface area (Å²) in [7, 11) is 0. The van der Waals surface area contributed by atoms with Crippen molar-refractivity contribution in [2.24, 2.45) is 5.73 Å². The Morgan fingerprint density at radius 1 is 1.11 bits per heavy atom. The molecule has 0 aliphatic carbocycles. The molecule has 0 spiro atoms. The molecule has 100 valence electrons. The van der Waals surface area contributed by atoms with E-state index in [-0.39, 0.29) is 5.54 Å². The van der Waals surface area contributed by atoms with Gasteiger partial charge in [0.05, 0.1) is 5.56 Å². The fourth-order valence-corrected chi connectivity index (χ4v) is 2.14. The Morgan fingerprint density at radius 2 is 1.61 bits per heavy atom. The molecule has 1 aromatic rings. The summed E-state index contributed by atoms with van der Waals surface area (Å²) in [6, 6.07) is 5.32. The molecule has 0 bridgehead atoms. The van der Waals surface area contributed by atoms with Crippen molar-refractivity contribution in [3.63, 3.8) is 0 Å². The summed E-state index contributed by atoms with van der Waals surface area (Å²) in [6.45, 7) is 3.59. The van der Waals surface area contributed by atoms with Gasteiger partial charge in [0.1, 0.15) is 0 Å². The second-order valence-corrected chi connectivity index (χ2v) is 5.19. The highest BCUT2D eigenvalue weighted by Gasteiger charge is 2.31. The first-order chi connectivity index (χ1) is 8.28. The van der Waals surface area contributed by atoms with Gasteiger partial charge in [0.15, 0.2) is 0 Å². The SMILES string of the molecule is CC1(N)CCN(c2ccc(C(F)(F)F)cc2)CC1. The highest BCUT2D eigenvalue weighted by atomic mass is 19.4. The molecular formula is C13H17F3N2. The van der Waals surface area contributed by atoms with Gasteiger partial charge in [0.25, 0.3) is 0 Å². The minimum atomic E-state index is -4.27. The predicted molar refractivity (Wildman–Crippen MR) is 65.5 cm³/mol. The van der Waals surface area contributed by atoms with E-state index in [4.69, 9.17) is 5.73 Å². The van der Waals surface area contributed by atoms with Crippen LogP contribution in [0.15, 0.2) is 24.3 Å². The average Bonchev–Trinajstić information content (AvgIpc) is 2.28. The summed E-state index contributed by atoms with van der Waals surface area (Å²) in [6.07, 6.45) is -2.56. The first-order valence-electron chi connectivity index (χ1n) is 5.99. The van der Waals surface area contributed by atoms with E-state index in [0.717, 1.165) is 43.8 Å². The Balaban J connectivity index is 2.07. The van der Waals surface area contributed by atoms with Crippen molar-refractivity contribution in [1.29, 1.82) is 0 Å². The Kier molecular flexibility index (Phi) is 3.27. The largest absolute Gasteiger partial charge is 0.416 e. The van der Waals surface area contributed by atoms with E-state index in [1.54, 1.807) is 0 Å². The highest BCUT2D eigenvalue weighted by molar-refractivity contribution is 5.48. The Morgan fingerprint density at radius 3 is 2.06 bits per heavy atom. The maximum atomic E-state index is 12.4. The second kappa shape index (κ2) is 4.46. The number of nitrogens with two attached hydrogens (primary N) is 1. The number of halogens is 3. The van der Waals surface area contributed by atoms with Gasteiger partial charge in [-0.05, 0) is 44.0 Å². The van der Waals surface area contributed by atoms with E-state index >= 15 is 0 Å². The van der Waals surface area contributed by atoms with Gasteiger partial charge in [-0.3, -0.25) is 0 Å². The number of hydrogen-bond acceptors (Lipinski definition) is 2. The predicted octanol–water partition coefficient (Wildman–Crippen LogP) is 3.02. The standard InChI is InChI=1S/C13H17F3N2/c1-12(17)6-8-18(9-7-12)11-4-2-10(3-5-11)13(14,15)16/h2-5H,6-9,17H2,1H3. The summed E-state index contributed by atoms with van der Waals surface area (Å²) in [5, 5.41) is 0. The van der Waals surface area contributed by atoms with Gasteiger partial charge in [0, 0.05) is 24.3 Å². The van der Waals surface area contributed by atoms with Gasteiger partial charge in [-0.25, -0.2) is 0 Å². The lowest BCUT2D eigenvalue weighted by Crippen LogP contribution is -2.48. The maximum Gasteiger partial charge on any atom is 0.416 e. The fourth-order valence-electron chi connectivity index (χ4n) is 2.14. The highest BCUT2D eigenvalue weighted by Crippen LogP contribution is 2.31. The summed E-state index contributed by atoms with van der Waals surface area (Å²) < 4.78 is 37.3. The molecule has 1 aliphatic heterocycles. The zero-order valence-corrected chi connectivity index (χ0v) is 10.3. The Labute approximate surface area is 105 Å². The van der Waals surface area contributed by atoms with E-state index in [9.17, 15) is 13.2 Å². The molecule has 1 aliphatic rings. The van der Waals surface area contributed by atoms with Gasteiger partial charge >= 0.3 is 6.18 Å². The lowest BCUT2D eigenvalue weighted by atomic mass is 9.91. The third kappa shape index (κ3) is 2.96. The van der Waals surface area contributed by atoms with Crippen LogP contribution >= 0.6 is 0 Å². The molecule has 2 nitrogen and oxygen atoms in total. The zero-order valence-electron chi connectivity index (χ0n) is 10.3. The molecule has 0 aromatic heterocycles. The van der Waals surface area contributed by atoms with Gasteiger partial charge in [-0.2, -0.15) is 13.2 Å². The minimum Gasteiger partial charge on any atom is -0.371 e. The number of alkyl halides is 3. The lowest BCUT2D eigenvalue weighted by molar-refractivity contribution is -0.137. The van der Waals surface area contributed by atoms with Crippen molar-refractivity contribution >= 4 is 5.69 Å². The molecule has 0 unspecified atom stereocenters. The van der Waals surface area contributed by atoms with Gasteiger partial charge < -0.3 is 10.6 Å². The van der Waals surface area contributed by atoms with Crippen LogP contribution < -0.4 is 10.6 Å². The van der Waals surface area contributed by atoms with Gasteiger partial charge in [-0.1, -0.05) is 0 Å². The summed E-state index contributed by atoms with van der Waals surface area (Å²) in [4.78, 5) is 2.08. The molecule has 0 atom stereocenters. The molecule has 0 radical (unpaired) electrons. The first kappa shape index (κ1) is 13.2. The van der Waals surface area contributed by atoms with Crippen LogP contribution in [0.25, 0.3) is 0 Å². The van der Waals surface area contributed by atoms with Crippen molar-refractivity contribution in [3.05, 3.63) is 29.8 Å². The van der Waals surface area contributed by atoms with Crippen LogP contribution in [-0.2, 0) is 6.18 Å². The molecular weight excluding hydrogens is 241 g/mol. The van der Waals surface area contributed by atoms with Crippen molar-refractivity contribution < 1.29 is 13.2 Å². The van der Waals surface area contributed by atoms with Crippen molar-refractivity contribution in [2.75, 3.05) is 18.0 Å². The molecule has 18 heavy (non-hydrogen) atoms. The number of benzene rings is 1. The minimum absolute atomic E-state index is 0.150. The molecule has 2 N–H and O–H groups in total. The number of hydrogen-bond donors (Lipinski definition) is 1. The normalized spacial score (nSPS) is 19.9. The summed E-state index contributed by atoms with van der Waals surface area (Å²) in [5.74, 6) is 0. The van der Waals surface area contributed by atoms with E-state index in [0.29, 0.717) is 0 Å². The monoisotopic (exact) mass is 258 g/mol. The van der Waals surface area contributed by atoms with Crippen LogP contribution in [0.3, 0.4) is 0 Å². The van der Waals surface area contributed by atoms with Crippen LogP contribution in [0.1, 0.15) is 25.3 Å². The number of rotatable bonds is 1. The van der Waals surface area contributed by atoms with Gasteiger partial charge in [0.2, 0.25) is 0 Å². The summed E-state index contributed by atoms with van der Waals surface area (Å²) in [5.41, 5.74) is 6.10. The number of nitrogens with zero attached hydrogens (tertiary/aromatic N) is 1. The van der Waals surface area contributed by atoms with Crippen LogP contribution in [0, 0.1) is 0 Å². The maximum absolute atomic E-state index is 12.4. The van der Waals surface area contributed by atoms with E-state index < -0.39 is 11.7 Å². The molecule has 5 heteroatoms. The topological polar surface area (TPSA) is 29.3 Å². The number of anilines is 1. The smallest absolute Gasteiger partial charge is 0.371 e. The van der Waals surface area contributed by atoms with Crippen molar-refractivity contribution in [2.45, 2.75) is 31.5 Å². The third-order valence-electron chi connectivity index (χ3n) is 3.47. The van der Waals surface area contributed by atoms with Crippen LogP contribution in [0.4, 0.5) is 18.9 Å². The molecule has 1 fully saturated rings. The Hall–Kier alpha value is -1.23. The third-order valence-corrected chi connectivity index (χ3v) is 3.47. The van der Waals surface area contributed by atoms with Crippen LogP contribution in [0.5, 0.6) is 0 Å². The van der Waals surface area contributed by atoms with E-state index in [1.165, 1.54) is 12.1 Å². The summed E-state index contributed by atoms with van der Waals surface area (Å²) >= 11 is 0. The van der Waals surface area contributed by atoms with Crippen LogP contribution in [-0.4, -0.2) is 18.6 Å². The number of piperidine rings is 1. The molecule has 2 rings (SSSR count). The molecule has 1 aromatic carbocycles. The second-order valence-electron chi connectivity index (χ2n) is 5.19. The van der Waals surface area contributed by atoms with Crippen LogP contribution in [0.2, 0.25) is 0 Å². The molecule has 0 amide bonds. The van der Waals surface area contributed by atoms with Gasteiger partial charge in [-0.15, -0.1) is 0 Å². The molecule has 1 heterocycles. The zero-order chi connectivity index (χ0) is 13.4. The van der Waals surface area contributed by atoms with E-state index in [2.05, 4.69) is 4.90 Å². The molecule has 0 saturated carbocycles. The first-order valence-corrected chi connectivity index (χ1v) is 5.99. The fraction of sp³-hybridized carbons (Fsp3) is 0.538. The Bertz CT molecular complexity index is 399. The van der Waals surface area contributed by atoms with Crippen molar-refractivity contribution in [3.8, 4) is 0 Å². The van der Waals surface area contributed by atoms with E-state index in [1.807, 2.05) is 6.92 Å². The quantitative estimate of drug-likeness (QED) is 0.839. The average molecular weight is 258 g/mol. The van der Waals surface area contributed by atoms with Crippen molar-refractivity contribution in [1.82, 2.24) is 0 Å². The molecule has 1 saturated heterocycles. The lowest BCUT2D eigenvalue weighted by Gasteiger charge is -2.38.